The second-order valence-corrected chi connectivity index (χ2v) is 7.51. The highest BCUT2D eigenvalue weighted by Crippen LogP contribution is 2.37. The van der Waals surface area contributed by atoms with Crippen LogP contribution in [0, 0.1) is 13.8 Å². The van der Waals surface area contributed by atoms with Crippen molar-refractivity contribution >= 4 is 34.2 Å². The molecule has 0 atom stereocenters. The molecule has 0 radical (unpaired) electrons. The first kappa shape index (κ1) is 19.1. The summed E-state index contributed by atoms with van der Waals surface area (Å²) in [6, 6.07) is 8.32. The largest absolute Gasteiger partial charge is 0.425 e. The Bertz CT molecular complexity index is 959. The maximum absolute atomic E-state index is 6.44. The number of halogens is 2. The third kappa shape index (κ3) is 3.19. The molecule has 0 aliphatic rings. The van der Waals surface area contributed by atoms with Crippen LogP contribution in [0.3, 0.4) is 0 Å². The van der Waals surface area contributed by atoms with Crippen molar-refractivity contribution in [1.29, 1.82) is 0 Å². The number of ether oxygens (including phenoxy) is 1. The van der Waals surface area contributed by atoms with Crippen LogP contribution in [0.15, 0.2) is 24.3 Å². The number of imidazole rings is 1. The normalized spacial score (nSPS) is 11.5. The van der Waals surface area contributed by atoms with Crippen LogP contribution >= 0.6 is 23.2 Å². The first-order valence-electron chi connectivity index (χ1n) is 8.97. The van der Waals surface area contributed by atoms with Gasteiger partial charge in [0.15, 0.2) is 0 Å². The van der Waals surface area contributed by atoms with Crippen molar-refractivity contribution in [3.63, 3.8) is 0 Å². The highest BCUT2D eigenvalue weighted by molar-refractivity contribution is 6.35. The quantitative estimate of drug-likeness (QED) is 0.460. The Kier molecular flexibility index (Phi) is 5.50. The smallest absolute Gasteiger partial charge is 0.302 e. The molecule has 0 bridgehead atoms. The summed E-state index contributed by atoms with van der Waals surface area (Å²) in [7, 11) is 1.98. The van der Waals surface area contributed by atoms with E-state index in [9.17, 15) is 0 Å². The van der Waals surface area contributed by atoms with Crippen molar-refractivity contribution in [3.8, 4) is 11.8 Å². The second-order valence-electron chi connectivity index (χ2n) is 6.70. The number of aryl methyl sites for hydroxylation is 1. The molecule has 0 unspecified atom stereocenters. The lowest BCUT2D eigenvalue weighted by Crippen LogP contribution is -2.01. The summed E-state index contributed by atoms with van der Waals surface area (Å²) in [6.45, 7) is 8.41. The van der Waals surface area contributed by atoms with Gasteiger partial charge < -0.3 is 4.74 Å². The van der Waals surface area contributed by atoms with E-state index in [-0.39, 0.29) is 0 Å². The number of hydrogen-bond acceptors (Lipinski definition) is 2. The van der Waals surface area contributed by atoms with E-state index >= 15 is 0 Å². The summed E-state index contributed by atoms with van der Waals surface area (Å²) in [4.78, 5) is 4.69. The monoisotopic (exact) mass is 390 g/mol. The summed E-state index contributed by atoms with van der Waals surface area (Å²) in [5, 5.41) is 1.38. The van der Waals surface area contributed by atoms with Crippen molar-refractivity contribution in [2.75, 3.05) is 0 Å². The predicted octanol–water partition coefficient (Wildman–Crippen LogP) is 7.19. The summed E-state index contributed by atoms with van der Waals surface area (Å²) < 4.78 is 8.15. The molecular weight excluding hydrogens is 367 g/mol. The molecular formula is C21H24Cl2N2O. The fourth-order valence-corrected chi connectivity index (χ4v) is 3.82. The molecule has 138 valence electrons. The van der Waals surface area contributed by atoms with Gasteiger partial charge in [0.1, 0.15) is 11.3 Å². The SMILES string of the molecule is CCC(CC)c1ccc(Cl)c2nc(Oc3ccc(Cl)c(C)c3C)n(C)c12. The minimum atomic E-state index is 0.470. The molecule has 26 heavy (non-hydrogen) atoms. The summed E-state index contributed by atoms with van der Waals surface area (Å²) >= 11 is 12.6. The fourth-order valence-electron chi connectivity index (χ4n) is 3.42. The van der Waals surface area contributed by atoms with Gasteiger partial charge in [-0.05, 0) is 67.5 Å². The lowest BCUT2D eigenvalue weighted by molar-refractivity contribution is 0.424. The molecule has 3 rings (SSSR count). The lowest BCUT2D eigenvalue weighted by atomic mass is 9.93. The number of nitrogens with zero attached hydrogens (tertiary/aromatic N) is 2. The zero-order chi connectivity index (χ0) is 19.0. The van der Waals surface area contributed by atoms with Crippen molar-refractivity contribution in [2.24, 2.45) is 7.05 Å². The van der Waals surface area contributed by atoms with E-state index in [0.29, 0.717) is 17.0 Å². The van der Waals surface area contributed by atoms with Gasteiger partial charge in [-0.3, -0.25) is 4.57 Å². The van der Waals surface area contributed by atoms with E-state index in [0.717, 1.165) is 45.8 Å². The van der Waals surface area contributed by atoms with Gasteiger partial charge in [-0.25, -0.2) is 0 Å². The van der Waals surface area contributed by atoms with E-state index < -0.39 is 0 Å². The van der Waals surface area contributed by atoms with Crippen LogP contribution in [-0.2, 0) is 7.05 Å². The van der Waals surface area contributed by atoms with Crippen LogP contribution in [0.25, 0.3) is 11.0 Å². The predicted molar refractivity (Wildman–Crippen MR) is 110 cm³/mol. The average molecular weight is 391 g/mol. The Morgan fingerprint density at radius 2 is 1.65 bits per heavy atom. The lowest BCUT2D eigenvalue weighted by Gasteiger charge is -2.16. The highest BCUT2D eigenvalue weighted by atomic mass is 35.5. The third-order valence-electron chi connectivity index (χ3n) is 5.26. The number of rotatable bonds is 5. The number of aromatic nitrogens is 2. The fraction of sp³-hybridized carbons (Fsp3) is 0.381. The van der Waals surface area contributed by atoms with E-state index in [1.807, 2.05) is 43.7 Å². The van der Waals surface area contributed by atoms with Gasteiger partial charge in [-0.1, -0.05) is 43.1 Å². The molecule has 0 spiro atoms. The Morgan fingerprint density at radius 1 is 1.00 bits per heavy atom. The van der Waals surface area contributed by atoms with Gasteiger partial charge in [-0.2, -0.15) is 4.98 Å². The van der Waals surface area contributed by atoms with Gasteiger partial charge in [0.05, 0.1) is 10.5 Å². The average Bonchev–Trinajstić information content (AvgIpc) is 2.96. The van der Waals surface area contributed by atoms with Crippen LogP contribution in [-0.4, -0.2) is 9.55 Å². The molecule has 0 aliphatic carbocycles. The molecule has 1 aromatic heterocycles. The standard InChI is InChI=1S/C21H24Cl2N2O/c1-6-14(7-2)15-8-9-17(23)19-20(15)25(5)21(24-19)26-18-11-10-16(22)12(3)13(18)4/h8-11,14H,6-7H2,1-5H3. The van der Waals surface area contributed by atoms with E-state index in [4.69, 9.17) is 27.9 Å². The van der Waals surface area contributed by atoms with Gasteiger partial charge >= 0.3 is 6.01 Å². The molecule has 1 heterocycles. The Morgan fingerprint density at radius 3 is 2.31 bits per heavy atom. The molecule has 3 aromatic rings. The molecule has 0 N–H and O–H groups in total. The molecule has 0 amide bonds. The van der Waals surface area contributed by atoms with Crippen LogP contribution in [0.4, 0.5) is 0 Å². The summed E-state index contributed by atoms with van der Waals surface area (Å²) in [5.41, 5.74) is 5.12. The molecule has 0 saturated carbocycles. The van der Waals surface area contributed by atoms with E-state index in [2.05, 4.69) is 24.9 Å². The Labute approximate surface area is 164 Å². The maximum Gasteiger partial charge on any atom is 0.302 e. The number of benzene rings is 2. The zero-order valence-corrected chi connectivity index (χ0v) is 17.4. The third-order valence-corrected chi connectivity index (χ3v) is 5.98. The van der Waals surface area contributed by atoms with Gasteiger partial charge in [-0.15, -0.1) is 0 Å². The summed E-state index contributed by atoms with van der Waals surface area (Å²) in [6.07, 6.45) is 2.15. The van der Waals surface area contributed by atoms with Gasteiger partial charge in [0, 0.05) is 12.1 Å². The molecule has 0 aliphatic heterocycles. The van der Waals surface area contributed by atoms with Crippen LogP contribution in [0.1, 0.15) is 49.3 Å². The topological polar surface area (TPSA) is 27.1 Å². The van der Waals surface area contributed by atoms with Crippen molar-refractivity contribution in [2.45, 2.75) is 46.5 Å². The first-order valence-corrected chi connectivity index (χ1v) is 9.72. The first-order chi connectivity index (χ1) is 12.4. The second kappa shape index (κ2) is 7.50. The van der Waals surface area contributed by atoms with Crippen molar-refractivity contribution in [1.82, 2.24) is 9.55 Å². The highest BCUT2D eigenvalue weighted by Gasteiger charge is 2.20. The summed E-state index contributed by atoms with van der Waals surface area (Å²) in [5.74, 6) is 1.23. The molecule has 0 saturated heterocycles. The maximum atomic E-state index is 6.44. The molecule has 3 nitrogen and oxygen atoms in total. The van der Waals surface area contributed by atoms with Crippen molar-refractivity contribution in [3.05, 3.63) is 51.0 Å². The Balaban J connectivity index is 2.14. The van der Waals surface area contributed by atoms with Crippen molar-refractivity contribution < 1.29 is 4.74 Å². The van der Waals surface area contributed by atoms with E-state index in [1.54, 1.807) is 0 Å². The zero-order valence-electron chi connectivity index (χ0n) is 15.9. The van der Waals surface area contributed by atoms with Crippen LogP contribution in [0.2, 0.25) is 10.0 Å². The molecule has 5 heteroatoms. The minimum Gasteiger partial charge on any atom is -0.425 e. The number of fused-ring (bicyclic) bond motifs is 1. The Hall–Kier alpha value is -1.71. The molecule has 2 aromatic carbocycles. The van der Waals surface area contributed by atoms with Crippen LogP contribution < -0.4 is 4.74 Å². The molecule has 0 fully saturated rings. The number of hydrogen-bond donors (Lipinski definition) is 0. The van der Waals surface area contributed by atoms with Gasteiger partial charge in [0.2, 0.25) is 0 Å². The van der Waals surface area contributed by atoms with E-state index in [1.165, 1.54) is 5.56 Å². The van der Waals surface area contributed by atoms with Crippen LogP contribution in [0.5, 0.6) is 11.8 Å². The minimum absolute atomic E-state index is 0.470. The van der Waals surface area contributed by atoms with Gasteiger partial charge in [0.25, 0.3) is 0 Å².